The number of hydrogen-bond donors (Lipinski definition) is 2. The fourth-order valence-electron chi connectivity index (χ4n) is 4.88. The average molecular weight is 518 g/mol. The maximum atomic E-state index is 14.7. The molecule has 6 nitrogen and oxygen atoms in total. The number of benzene rings is 3. The first-order chi connectivity index (χ1) is 16.6. The van der Waals surface area contributed by atoms with E-state index in [2.05, 4.69) is 5.32 Å². The van der Waals surface area contributed by atoms with E-state index in [0.717, 1.165) is 25.9 Å². The zero-order valence-electron chi connectivity index (χ0n) is 19.1. The summed E-state index contributed by atoms with van der Waals surface area (Å²) in [6.07, 6.45) is 2.39. The van der Waals surface area contributed by atoms with E-state index < -0.39 is 21.7 Å². The van der Waals surface area contributed by atoms with Crippen LogP contribution < -0.4 is 14.8 Å². The lowest BCUT2D eigenvalue weighted by atomic mass is 9.89. The maximum absolute atomic E-state index is 14.7. The van der Waals surface area contributed by atoms with Gasteiger partial charge in [-0.1, -0.05) is 29.8 Å². The minimum Gasteiger partial charge on any atom is -0.444 e. The Labute approximate surface area is 208 Å². The lowest BCUT2D eigenvalue weighted by molar-refractivity contribution is -0.0705. The van der Waals surface area contributed by atoms with Gasteiger partial charge in [-0.25, -0.2) is 4.39 Å². The number of hydrogen-bond acceptors (Lipinski definition) is 5. The van der Waals surface area contributed by atoms with E-state index in [1.54, 1.807) is 37.3 Å². The largest absolute Gasteiger partial charge is 0.444 e. The van der Waals surface area contributed by atoms with Gasteiger partial charge in [0.2, 0.25) is 0 Å². The van der Waals surface area contributed by atoms with Crippen LogP contribution in [0.2, 0.25) is 5.02 Å². The van der Waals surface area contributed by atoms with Gasteiger partial charge < -0.3 is 14.8 Å². The first-order valence-corrected chi connectivity index (χ1v) is 13.2. The number of halogens is 2. The molecule has 184 valence electrons. The normalized spacial score (nSPS) is 20.2. The SMILES string of the molecule is CC1(c2ccc(Cl)cc2F)Oc2cccc(-c3ccc(S(=O)(=O)O)c(CC4CCNCC4)c3)c2O1. The number of piperidine rings is 1. The van der Waals surface area contributed by atoms with Crippen molar-refractivity contribution in [1.29, 1.82) is 0 Å². The van der Waals surface area contributed by atoms with Crippen molar-refractivity contribution in [2.75, 3.05) is 13.1 Å². The minimum absolute atomic E-state index is 0.0856. The second kappa shape index (κ2) is 9.09. The average Bonchev–Trinajstić information content (AvgIpc) is 3.16. The van der Waals surface area contributed by atoms with E-state index in [4.69, 9.17) is 21.1 Å². The molecule has 0 radical (unpaired) electrons. The quantitative estimate of drug-likeness (QED) is 0.430. The van der Waals surface area contributed by atoms with Gasteiger partial charge in [0.05, 0.1) is 10.5 Å². The molecule has 2 aliphatic rings. The predicted octanol–water partition coefficient (Wildman–Crippen LogP) is 5.58. The molecular formula is C26H25ClFNO5S. The third-order valence-electron chi connectivity index (χ3n) is 6.62. The van der Waals surface area contributed by atoms with Crippen LogP contribution in [-0.4, -0.2) is 26.1 Å². The number of ether oxygens (including phenoxy) is 2. The Morgan fingerprint density at radius 1 is 1.11 bits per heavy atom. The molecule has 0 amide bonds. The third kappa shape index (κ3) is 4.76. The summed E-state index contributed by atoms with van der Waals surface area (Å²) in [5.41, 5.74) is 2.15. The first-order valence-electron chi connectivity index (χ1n) is 11.4. The summed E-state index contributed by atoms with van der Waals surface area (Å²) >= 11 is 5.91. The molecule has 3 aromatic rings. The van der Waals surface area contributed by atoms with Crippen LogP contribution in [0.1, 0.15) is 30.9 Å². The number of para-hydroxylation sites is 1. The van der Waals surface area contributed by atoms with Crippen molar-refractivity contribution in [2.45, 2.75) is 36.9 Å². The second-order valence-corrected chi connectivity index (χ2v) is 10.9. The van der Waals surface area contributed by atoms with Crippen LogP contribution in [0, 0.1) is 11.7 Å². The van der Waals surface area contributed by atoms with Crippen molar-refractivity contribution < 1.29 is 26.8 Å². The van der Waals surface area contributed by atoms with Crippen molar-refractivity contribution >= 4 is 21.7 Å². The molecule has 1 fully saturated rings. The summed E-state index contributed by atoms with van der Waals surface area (Å²) in [6, 6.07) is 14.5. The number of nitrogens with one attached hydrogen (secondary N) is 1. The molecule has 0 spiro atoms. The Bertz CT molecular complexity index is 1390. The molecule has 0 bridgehead atoms. The van der Waals surface area contributed by atoms with Gasteiger partial charge in [0.15, 0.2) is 11.5 Å². The van der Waals surface area contributed by atoms with Crippen molar-refractivity contribution in [2.24, 2.45) is 5.92 Å². The van der Waals surface area contributed by atoms with Gasteiger partial charge in [0, 0.05) is 17.5 Å². The molecule has 0 aliphatic carbocycles. The van der Waals surface area contributed by atoms with E-state index in [-0.39, 0.29) is 15.5 Å². The molecule has 1 atom stereocenters. The van der Waals surface area contributed by atoms with Gasteiger partial charge in [-0.3, -0.25) is 4.55 Å². The van der Waals surface area contributed by atoms with Gasteiger partial charge in [-0.05, 0) is 85.8 Å². The summed E-state index contributed by atoms with van der Waals surface area (Å²) in [4.78, 5) is -0.0856. The first kappa shape index (κ1) is 24.1. The number of rotatable bonds is 5. The van der Waals surface area contributed by atoms with Gasteiger partial charge in [0.1, 0.15) is 5.82 Å². The lowest BCUT2D eigenvalue weighted by Crippen LogP contribution is -2.32. The van der Waals surface area contributed by atoms with E-state index in [1.807, 2.05) is 6.07 Å². The van der Waals surface area contributed by atoms with Crippen molar-refractivity contribution in [3.63, 3.8) is 0 Å². The topological polar surface area (TPSA) is 84.9 Å². The van der Waals surface area contributed by atoms with E-state index in [0.29, 0.717) is 40.5 Å². The van der Waals surface area contributed by atoms with Gasteiger partial charge >= 0.3 is 0 Å². The van der Waals surface area contributed by atoms with Crippen LogP contribution in [0.25, 0.3) is 11.1 Å². The molecule has 2 N–H and O–H groups in total. The highest BCUT2D eigenvalue weighted by atomic mass is 35.5. The molecule has 1 saturated heterocycles. The summed E-state index contributed by atoms with van der Waals surface area (Å²) in [5.74, 6) is -0.769. The van der Waals surface area contributed by atoms with Gasteiger partial charge in [-0.15, -0.1) is 0 Å². The third-order valence-corrected chi connectivity index (χ3v) is 7.81. The fraction of sp³-hybridized carbons (Fsp3) is 0.308. The summed E-state index contributed by atoms with van der Waals surface area (Å²) in [6.45, 7) is 3.39. The van der Waals surface area contributed by atoms with Crippen LogP contribution >= 0.6 is 11.6 Å². The molecule has 3 aromatic carbocycles. The molecule has 35 heavy (non-hydrogen) atoms. The van der Waals surface area contributed by atoms with Gasteiger partial charge in [-0.2, -0.15) is 8.42 Å². The van der Waals surface area contributed by atoms with Crippen molar-refractivity contribution in [3.05, 3.63) is 76.6 Å². The number of fused-ring (bicyclic) bond motifs is 1. The molecule has 2 heterocycles. The van der Waals surface area contributed by atoms with E-state index >= 15 is 0 Å². The Kier molecular flexibility index (Phi) is 6.25. The fourth-order valence-corrected chi connectivity index (χ4v) is 5.75. The molecule has 5 rings (SSSR count). The Balaban J connectivity index is 1.54. The summed E-state index contributed by atoms with van der Waals surface area (Å²) < 4.78 is 60.9. The van der Waals surface area contributed by atoms with Crippen LogP contribution in [0.15, 0.2) is 59.5 Å². The molecule has 9 heteroatoms. The van der Waals surface area contributed by atoms with Crippen LogP contribution in [-0.2, 0) is 22.3 Å². The highest BCUT2D eigenvalue weighted by Crippen LogP contribution is 2.50. The monoisotopic (exact) mass is 517 g/mol. The Morgan fingerprint density at radius 2 is 1.89 bits per heavy atom. The Hall–Kier alpha value is -2.65. The van der Waals surface area contributed by atoms with Crippen molar-refractivity contribution in [3.8, 4) is 22.6 Å². The van der Waals surface area contributed by atoms with Crippen LogP contribution in [0.3, 0.4) is 0 Å². The second-order valence-electron chi connectivity index (χ2n) is 9.10. The molecule has 2 aliphatic heterocycles. The highest BCUT2D eigenvalue weighted by Gasteiger charge is 2.42. The standard InChI is InChI=1S/C26H25ClFNO5S/c1-26(21-7-6-19(27)15-22(21)28)33-23-4-2-3-20(25(23)34-26)17-5-8-24(35(30,31)32)18(14-17)13-16-9-11-29-12-10-16/h2-8,14-16,29H,9-13H2,1H3,(H,30,31,32). The van der Waals surface area contributed by atoms with Gasteiger partial charge in [0.25, 0.3) is 15.9 Å². The predicted molar refractivity (Wildman–Crippen MR) is 131 cm³/mol. The minimum atomic E-state index is -4.38. The molecule has 0 saturated carbocycles. The molecular weight excluding hydrogens is 493 g/mol. The van der Waals surface area contributed by atoms with Crippen LogP contribution in [0.5, 0.6) is 11.5 Å². The summed E-state index contributed by atoms with van der Waals surface area (Å²) in [7, 11) is -4.38. The zero-order valence-corrected chi connectivity index (χ0v) is 20.6. The summed E-state index contributed by atoms with van der Waals surface area (Å²) in [5, 5.41) is 3.58. The van der Waals surface area contributed by atoms with E-state index in [1.165, 1.54) is 18.2 Å². The molecule has 0 aromatic heterocycles. The highest BCUT2D eigenvalue weighted by molar-refractivity contribution is 7.85. The Morgan fingerprint density at radius 3 is 2.60 bits per heavy atom. The van der Waals surface area contributed by atoms with Crippen molar-refractivity contribution in [1.82, 2.24) is 5.32 Å². The smallest absolute Gasteiger partial charge is 0.294 e. The molecule has 1 unspecified atom stereocenters. The zero-order chi connectivity index (χ0) is 24.8. The van der Waals surface area contributed by atoms with E-state index in [9.17, 15) is 17.4 Å². The lowest BCUT2D eigenvalue weighted by Gasteiger charge is -2.24. The van der Waals surface area contributed by atoms with Crippen LogP contribution in [0.4, 0.5) is 4.39 Å². The maximum Gasteiger partial charge on any atom is 0.294 e.